The van der Waals surface area contributed by atoms with Crippen LogP contribution in [0.15, 0.2) is 59.0 Å². The van der Waals surface area contributed by atoms with Gasteiger partial charge < -0.3 is 14.5 Å². The minimum atomic E-state index is 0.298. The van der Waals surface area contributed by atoms with Crippen molar-refractivity contribution in [3.05, 3.63) is 65.9 Å². The van der Waals surface area contributed by atoms with Crippen LogP contribution in [0.2, 0.25) is 0 Å². The van der Waals surface area contributed by atoms with Crippen molar-refractivity contribution in [1.29, 1.82) is 0 Å². The number of hydrogen-bond acceptors (Lipinski definition) is 3. The molecule has 0 aliphatic carbocycles. The topological polar surface area (TPSA) is 34.4 Å². The molecule has 0 spiro atoms. The summed E-state index contributed by atoms with van der Waals surface area (Å²) >= 11 is 0. The molecule has 0 bridgehead atoms. The number of benzene rings is 2. The van der Waals surface area contributed by atoms with E-state index in [0.717, 1.165) is 22.5 Å². The molecule has 1 unspecified atom stereocenters. The molecule has 3 nitrogen and oxygen atoms in total. The van der Waals surface area contributed by atoms with E-state index in [1.54, 1.807) is 7.11 Å². The summed E-state index contributed by atoms with van der Waals surface area (Å²) in [5, 5.41) is 4.69. The molecule has 0 saturated carbocycles. The molecule has 1 N–H and O–H groups in total. The van der Waals surface area contributed by atoms with Crippen molar-refractivity contribution in [2.75, 3.05) is 7.11 Å². The van der Waals surface area contributed by atoms with Gasteiger partial charge in [0, 0.05) is 11.4 Å². The smallest absolute Gasteiger partial charge is 0.176 e. The molecule has 1 atom stereocenters. The van der Waals surface area contributed by atoms with Gasteiger partial charge in [-0.05, 0) is 23.6 Å². The molecule has 0 aliphatic rings. The Morgan fingerprint density at radius 3 is 2.52 bits per heavy atom. The Bertz CT molecular complexity index is 762. The lowest BCUT2D eigenvalue weighted by Gasteiger charge is -2.22. The van der Waals surface area contributed by atoms with Gasteiger partial charge in [-0.3, -0.25) is 0 Å². The van der Waals surface area contributed by atoms with Crippen molar-refractivity contribution >= 4 is 11.0 Å². The molecule has 0 fully saturated rings. The van der Waals surface area contributed by atoms with Crippen LogP contribution in [0, 0.1) is 5.92 Å². The first kappa shape index (κ1) is 15.6. The Morgan fingerprint density at radius 2 is 1.83 bits per heavy atom. The Balaban J connectivity index is 1.79. The highest BCUT2D eigenvalue weighted by molar-refractivity contribution is 5.83. The summed E-state index contributed by atoms with van der Waals surface area (Å²) in [5.41, 5.74) is 2.11. The second-order valence-corrected chi connectivity index (χ2v) is 6.10. The largest absolute Gasteiger partial charge is 0.493 e. The van der Waals surface area contributed by atoms with Gasteiger partial charge in [-0.2, -0.15) is 0 Å². The third-order valence-corrected chi connectivity index (χ3v) is 4.10. The fourth-order valence-electron chi connectivity index (χ4n) is 2.95. The quantitative estimate of drug-likeness (QED) is 0.701. The van der Waals surface area contributed by atoms with E-state index in [4.69, 9.17) is 9.15 Å². The SMILES string of the molecule is COc1cccc2cc(CNC(c3ccccc3)C(C)C)oc12. The van der Waals surface area contributed by atoms with Crippen LogP contribution in [0.4, 0.5) is 0 Å². The molecule has 3 aromatic rings. The highest BCUT2D eigenvalue weighted by atomic mass is 16.5. The van der Waals surface area contributed by atoms with Crippen LogP contribution in [0.3, 0.4) is 0 Å². The summed E-state index contributed by atoms with van der Waals surface area (Å²) < 4.78 is 11.3. The Kier molecular flexibility index (Phi) is 4.68. The predicted molar refractivity (Wildman–Crippen MR) is 93.6 cm³/mol. The molecular weight excluding hydrogens is 286 g/mol. The average Bonchev–Trinajstić information content (AvgIpc) is 2.98. The van der Waals surface area contributed by atoms with Crippen LogP contribution in [-0.2, 0) is 6.54 Å². The summed E-state index contributed by atoms with van der Waals surface area (Å²) in [6.07, 6.45) is 0. The molecule has 0 saturated heterocycles. The van der Waals surface area contributed by atoms with Crippen LogP contribution in [-0.4, -0.2) is 7.11 Å². The standard InChI is InChI=1S/C20H23NO2/c1-14(2)19(15-8-5-4-6-9-15)21-13-17-12-16-10-7-11-18(22-3)20(16)23-17/h4-12,14,19,21H,13H2,1-3H3. The lowest BCUT2D eigenvalue weighted by molar-refractivity contribution is 0.382. The summed E-state index contributed by atoms with van der Waals surface area (Å²) in [6, 6.07) is 18.9. The molecule has 2 aromatic carbocycles. The van der Waals surface area contributed by atoms with E-state index in [1.165, 1.54) is 5.56 Å². The van der Waals surface area contributed by atoms with Crippen molar-refractivity contribution < 1.29 is 9.15 Å². The van der Waals surface area contributed by atoms with Crippen molar-refractivity contribution in [1.82, 2.24) is 5.32 Å². The zero-order valence-corrected chi connectivity index (χ0v) is 13.9. The number of ether oxygens (including phenoxy) is 1. The van der Waals surface area contributed by atoms with Gasteiger partial charge in [-0.1, -0.05) is 56.3 Å². The number of hydrogen-bond donors (Lipinski definition) is 1. The zero-order valence-electron chi connectivity index (χ0n) is 13.9. The van der Waals surface area contributed by atoms with Crippen LogP contribution in [0.25, 0.3) is 11.0 Å². The monoisotopic (exact) mass is 309 g/mol. The molecule has 1 aromatic heterocycles. The number of furan rings is 1. The second kappa shape index (κ2) is 6.88. The van der Waals surface area contributed by atoms with Gasteiger partial charge in [0.15, 0.2) is 11.3 Å². The summed E-state index contributed by atoms with van der Waals surface area (Å²) in [5.74, 6) is 2.19. The van der Waals surface area contributed by atoms with Gasteiger partial charge in [0.1, 0.15) is 5.76 Å². The van der Waals surface area contributed by atoms with Crippen molar-refractivity contribution in [2.24, 2.45) is 5.92 Å². The number of rotatable bonds is 6. The molecular formula is C20H23NO2. The van der Waals surface area contributed by atoms with E-state index in [9.17, 15) is 0 Å². The van der Waals surface area contributed by atoms with Crippen molar-refractivity contribution in [3.8, 4) is 5.75 Å². The maximum absolute atomic E-state index is 5.97. The van der Waals surface area contributed by atoms with E-state index in [1.807, 2.05) is 24.3 Å². The average molecular weight is 309 g/mol. The summed E-state index contributed by atoms with van der Waals surface area (Å²) in [7, 11) is 1.67. The first-order valence-corrected chi connectivity index (χ1v) is 8.03. The van der Waals surface area contributed by atoms with Gasteiger partial charge in [-0.15, -0.1) is 0 Å². The molecule has 3 rings (SSSR count). The van der Waals surface area contributed by atoms with E-state index >= 15 is 0 Å². The molecule has 120 valence electrons. The minimum absolute atomic E-state index is 0.298. The molecule has 0 aliphatic heterocycles. The first-order valence-electron chi connectivity index (χ1n) is 8.03. The third-order valence-electron chi connectivity index (χ3n) is 4.10. The Labute approximate surface area is 137 Å². The van der Waals surface area contributed by atoms with Crippen LogP contribution in [0.5, 0.6) is 5.75 Å². The highest BCUT2D eigenvalue weighted by Gasteiger charge is 2.16. The fraction of sp³-hybridized carbons (Fsp3) is 0.300. The van der Waals surface area contributed by atoms with Crippen molar-refractivity contribution in [2.45, 2.75) is 26.4 Å². The Morgan fingerprint density at radius 1 is 1.04 bits per heavy atom. The first-order chi connectivity index (χ1) is 11.2. The number of fused-ring (bicyclic) bond motifs is 1. The lowest BCUT2D eigenvalue weighted by Crippen LogP contribution is -2.25. The minimum Gasteiger partial charge on any atom is -0.493 e. The molecule has 23 heavy (non-hydrogen) atoms. The molecule has 0 amide bonds. The fourth-order valence-corrected chi connectivity index (χ4v) is 2.95. The van der Waals surface area contributed by atoms with Crippen LogP contribution in [0.1, 0.15) is 31.2 Å². The van der Waals surface area contributed by atoms with Gasteiger partial charge in [0.25, 0.3) is 0 Å². The van der Waals surface area contributed by atoms with E-state index in [0.29, 0.717) is 18.5 Å². The maximum atomic E-state index is 5.97. The molecule has 3 heteroatoms. The van der Waals surface area contributed by atoms with Gasteiger partial charge in [0.2, 0.25) is 0 Å². The summed E-state index contributed by atoms with van der Waals surface area (Å²) in [6.45, 7) is 5.15. The van der Waals surface area contributed by atoms with Crippen LogP contribution < -0.4 is 10.1 Å². The predicted octanol–water partition coefficient (Wildman–Crippen LogP) is 4.93. The highest BCUT2D eigenvalue weighted by Crippen LogP contribution is 2.29. The molecule has 1 heterocycles. The van der Waals surface area contributed by atoms with Crippen LogP contribution >= 0.6 is 0 Å². The van der Waals surface area contributed by atoms with Crippen molar-refractivity contribution in [3.63, 3.8) is 0 Å². The normalized spacial score (nSPS) is 12.7. The Hall–Kier alpha value is -2.26. The number of nitrogens with one attached hydrogen (secondary N) is 1. The lowest BCUT2D eigenvalue weighted by atomic mass is 9.96. The summed E-state index contributed by atoms with van der Waals surface area (Å²) in [4.78, 5) is 0. The number of para-hydroxylation sites is 1. The van der Waals surface area contributed by atoms with Gasteiger partial charge in [0.05, 0.1) is 13.7 Å². The van der Waals surface area contributed by atoms with Gasteiger partial charge in [-0.25, -0.2) is 0 Å². The van der Waals surface area contributed by atoms with E-state index in [-0.39, 0.29) is 0 Å². The van der Waals surface area contributed by atoms with Gasteiger partial charge >= 0.3 is 0 Å². The second-order valence-electron chi connectivity index (χ2n) is 6.10. The maximum Gasteiger partial charge on any atom is 0.176 e. The van der Waals surface area contributed by atoms with E-state index < -0.39 is 0 Å². The zero-order chi connectivity index (χ0) is 16.2. The van der Waals surface area contributed by atoms with E-state index in [2.05, 4.69) is 49.5 Å². The molecule has 0 radical (unpaired) electrons. The third kappa shape index (κ3) is 3.40. The number of methoxy groups -OCH3 is 1.